The zero-order valence-electron chi connectivity index (χ0n) is 15.5. The van der Waals surface area contributed by atoms with Crippen molar-refractivity contribution in [1.29, 1.82) is 0 Å². The molecule has 0 bridgehead atoms. The molecule has 1 N–H and O–H groups in total. The molecular formula is C21H19NO6. The molecule has 0 unspecified atom stereocenters. The number of rotatable bonds is 6. The van der Waals surface area contributed by atoms with Gasteiger partial charge in [-0.05, 0) is 31.2 Å². The topological polar surface area (TPSA) is 94.8 Å². The summed E-state index contributed by atoms with van der Waals surface area (Å²) in [5.41, 5.74) is 1.03. The minimum atomic E-state index is -0.576. The van der Waals surface area contributed by atoms with Gasteiger partial charge in [0.1, 0.15) is 23.5 Å². The minimum Gasteiger partial charge on any atom is -0.493 e. The molecule has 0 saturated heterocycles. The van der Waals surface area contributed by atoms with Gasteiger partial charge in [0, 0.05) is 35.7 Å². The number of carbonyl (C=O) groups is 2. The van der Waals surface area contributed by atoms with Crippen LogP contribution in [0.2, 0.25) is 0 Å². The molecule has 0 fully saturated rings. The smallest absolute Gasteiger partial charge is 0.342 e. The first-order chi connectivity index (χ1) is 13.5. The molecule has 2 aromatic carbocycles. The van der Waals surface area contributed by atoms with Gasteiger partial charge in [0.05, 0.1) is 6.61 Å². The summed E-state index contributed by atoms with van der Waals surface area (Å²) in [6.07, 6.45) is 0. The van der Waals surface area contributed by atoms with Crippen molar-refractivity contribution >= 4 is 28.5 Å². The van der Waals surface area contributed by atoms with Gasteiger partial charge in [-0.25, -0.2) is 9.59 Å². The van der Waals surface area contributed by atoms with Crippen LogP contribution >= 0.6 is 0 Å². The monoisotopic (exact) mass is 381 g/mol. The highest BCUT2D eigenvalue weighted by Crippen LogP contribution is 2.23. The van der Waals surface area contributed by atoms with E-state index in [1.165, 1.54) is 13.0 Å². The van der Waals surface area contributed by atoms with Crippen molar-refractivity contribution in [3.63, 3.8) is 0 Å². The molecular weight excluding hydrogens is 362 g/mol. The predicted molar refractivity (Wildman–Crippen MR) is 104 cm³/mol. The molecule has 7 nitrogen and oxygen atoms in total. The van der Waals surface area contributed by atoms with Gasteiger partial charge in [-0.2, -0.15) is 0 Å². The van der Waals surface area contributed by atoms with Crippen molar-refractivity contribution < 1.29 is 23.5 Å². The van der Waals surface area contributed by atoms with Gasteiger partial charge in [0.25, 0.3) is 0 Å². The Morgan fingerprint density at radius 2 is 1.89 bits per heavy atom. The zero-order chi connectivity index (χ0) is 20.1. The third-order valence-electron chi connectivity index (χ3n) is 3.92. The lowest BCUT2D eigenvalue weighted by molar-refractivity contribution is -0.114. The summed E-state index contributed by atoms with van der Waals surface area (Å²) in [4.78, 5) is 35.5. The SMILES string of the molecule is CCOc1ccccc1C(=O)OCc1cc(=O)oc2cc(NC(C)=O)ccc12. The number of carbonyl (C=O) groups excluding carboxylic acids is 2. The van der Waals surface area contributed by atoms with Crippen LogP contribution in [0.1, 0.15) is 29.8 Å². The summed E-state index contributed by atoms with van der Waals surface area (Å²) >= 11 is 0. The highest BCUT2D eigenvalue weighted by Gasteiger charge is 2.15. The van der Waals surface area contributed by atoms with Crippen LogP contribution in [0.3, 0.4) is 0 Å². The van der Waals surface area contributed by atoms with Crippen molar-refractivity contribution in [2.75, 3.05) is 11.9 Å². The van der Waals surface area contributed by atoms with Gasteiger partial charge in [-0.15, -0.1) is 0 Å². The van der Waals surface area contributed by atoms with Gasteiger partial charge >= 0.3 is 11.6 Å². The van der Waals surface area contributed by atoms with E-state index in [1.807, 2.05) is 6.92 Å². The lowest BCUT2D eigenvalue weighted by atomic mass is 10.1. The number of fused-ring (bicyclic) bond motifs is 1. The highest BCUT2D eigenvalue weighted by atomic mass is 16.5. The first-order valence-corrected chi connectivity index (χ1v) is 8.71. The van der Waals surface area contributed by atoms with Gasteiger partial charge in [-0.3, -0.25) is 4.79 Å². The Morgan fingerprint density at radius 1 is 1.11 bits per heavy atom. The molecule has 3 aromatic rings. The Bertz CT molecular complexity index is 1090. The number of amides is 1. The van der Waals surface area contributed by atoms with E-state index >= 15 is 0 Å². The fourth-order valence-electron chi connectivity index (χ4n) is 2.77. The average Bonchev–Trinajstić information content (AvgIpc) is 2.65. The second kappa shape index (κ2) is 8.39. The van der Waals surface area contributed by atoms with E-state index in [-0.39, 0.29) is 12.5 Å². The molecule has 28 heavy (non-hydrogen) atoms. The van der Waals surface area contributed by atoms with Crippen LogP contribution in [-0.4, -0.2) is 18.5 Å². The van der Waals surface area contributed by atoms with E-state index < -0.39 is 11.6 Å². The molecule has 1 amide bonds. The third kappa shape index (κ3) is 4.37. The lowest BCUT2D eigenvalue weighted by Crippen LogP contribution is -2.10. The first-order valence-electron chi connectivity index (χ1n) is 8.71. The molecule has 1 aromatic heterocycles. The van der Waals surface area contributed by atoms with Gasteiger partial charge in [0.2, 0.25) is 5.91 Å². The van der Waals surface area contributed by atoms with E-state index in [1.54, 1.807) is 42.5 Å². The summed E-state index contributed by atoms with van der Waals surface area (Å²) < 4.78 is 16.0. The molecule has 0 radical (unpaired) electrons. The van der Waals surface area contributed by atoms with Crippen LogP contribution in [0.15, 0.2) is 57.7 Å². The summed E-state index contributed by atoms with van der Waals surface area (Å²) in [7, 11) is 0. The molecule has 7 heteroatoms. The van der Waals surface area contributed by atoms with Crippen molar-refractivity contribution in [2.45, 2.75) is 20.5 Å². The van der Waals surface area contributed by atoms with Crippen molar-refractivity contribution in [1.82, 2.24) is 0 Å². The van der Waals surface area contributed by atoms with Crippen LogP contribution in [-0.2, 0) is 16.1 Å². The summed E-state index contributed by atoms with van der Waals surface area (Å²) in [5, 5.41) is 3.24. The minimum absolute atomic E-state index is 0.110. The normalized spacial score (nSPS) is 10.5. The first kappa shape index (κ1) is 19.2. The molecule has 0 aliphatic heterocycles. The number of hydrogen-bond acceptors (Lipinski definition) is 6. The third-order valence-corrected chi connectivity index (χ3v) is 3.92. The molecule has 0 aliphatic rings. The molecule has 0 saturated carbocycles. The maximum atomic E-state index is 12.5. The molecule has 0 spiro atoms. The summed E-state index contributed by atoms with van der Waals surface area (Å²) in [6, 6.07) is 13.0. The zero-order valence-corrected chi connectivity index (χ0v) is 15.5. The predicted octanol–water partition coefficient (Wildman–Crippen LogP) is 3.51. The number of hydrogen-bond donors (Lipinski definition) is 1. The van der Waals surface area contributed by atoms with Crippen molar-refractivity contribution in [2.24, 2.45) is 0 Å². The van der Waals surface area contributed by atoms with Crippen LogP contribution in [0.4, 0.5) is 5.69 Å². The van der Waals surface area contributed by atoms with Crippen LogP contribution in [0.25, 0.3) is 11.0 Å². The Labute approximate surface area is 160 Å². The van der Waals surface area contributed by atoms with Crippen molar-refractivity contribution in [3.8, 4) is 5.75 Å². The van der Waals surface area contributed by atoms with Gasteiger partial charge in [-0.1, -0.05) is 12.1 Å². The van der Waals surface area contributed by atoms with E-state index in [4.69, 9.17) is 13.9 Å². The maximum absolute atomic E-state index is 12.5. The summed E-state index contributed by atoms with van der Waals surface area (Å²) in [5.74, 6) is -0.354. The Balaban J connectivity index is 1.85. The lowest BCUT2D eigenvalue weighted by Gasteiger charge is -2.11. The number of benzene rings is 2. The van der Waals surface area contributed by atoms with E-state index in [0.717, 1.165) is 0 Å². The second-order valence-corrected chi connectivity index (χ2v) is 5.99. The number of para-hydroxylation sites is 1. The molecule has 0 aliphatic carbocycles. The number of ether oxygens (including phenoxy) is 2. The molecule has 144 valence electrons. The number of esters is 1. The molecule has 0 atom stereocenters. The van der Waals surface area contributed by atoms with E-state index in [2.05, 4.69) is 5.32 Å². The Hall–Kier alpha value is -3.61. The molecule has 1 heterocycles. The van der Waals surface area contributed by atoms with Gasteiger partial charge in [0.15, 0.2) is 0 Å². The fourth-order valence-corrected chi connectivity index (χ4v) is 2.77. The fraction of sp³-hybridized carbons (Fsp3) is 0.190. The van der Waals surface area contributed by atoms with Crippen LogP contribution < -0.4 is 15.7 Å². The number of anilines is 1. The molecule has 3 rings (SSSR count). The van der Waals surface area contributed by atoms with Crippen LogP contribution in [0, 0.1) is 0 Å². The standard InChI is InChI=1S/C21H19NO6/c1-3-26-18-7-5-4-6-17(18)21(25)27-12-14-10-20(24)28-19-11-15(22-13(2)23)8-9-16(14)19/h4-11H,3,12H2,1-2H3,(H,22,23). The Morgan fingerprint density at radius 3 is 2.64 bits per heavy atom. The van der Waals surface area contributed by atoms with Crippen molar-refractivity contribution in [3.05, 3.63) is 70.1 Å². The Kier molecular flexibility index (Phi) is 5.74. The average molecular weight is 381 g/mol. The van der Waals surface area contributed by atoms with Gasteiger partial charge < -0.3 is 19.2 Å². The van der Waals surface area contributed by atoms with E-state index in [0.29, 0.717) is 40.1 Å². The second-order valence-electron chi connectivity index (χ2n) is 5.99. The highest BCUT2D eigenvalue weighted by molar-refractivity contribution is 5.93. The van der Waals surface area contributed by atoms with E-state index in [9.17, 15) is 14.4 Å². The quantitative estimate of drug-likeness (QED) is 0.519. The van der Waals surface area contributed by atoms with Crippen LogP contribution in [0.5, 0.6) is 5.75 Å². The summed E-state index contributed by atoms with van der Waals surface area (Å²) in [6.45, 7) is 3.52. The largest absolute Gasteiger partial charge is 0.493 e. The number of nitrogens with one attached hydrogen (secondary N) is 1. The maximum Gasteiger partial charge on any atom is 0.342 e.